The summed E-state index contributed by atoms with van der Waals surface area (Å²) < 4.78 is 5.26. The number of halogens is 2. The number of rotatable bonds is 5. The average Bonchev–Trinajstić information content (AvgIpc) is 2.74. The van der Waals surface area contributed by atoms with Crippen molar-refractivity contribution in [3.63, 3.8) is 0 Å². The van der Waals surface area contributed by atoms with E-state index in [1.165, 1.54) is 0 Å². The molecule has 32 heavy (non-hydrogen) atoms. The second-order valence-electron chi connectivity index (χ2n) is 6.99. The van der Waals surface area contributed by atoms with Crippen molar-refractivity contribution < 1.29 is 14.3 Å². The molecule has 0 saturated carbocycles. The number of nitrogens with zero attached hydrogens (tertiary/aromatic N) is 1. The summed E-state index contributed by atoms with van der Waals surface area (Å²) in [5.41, 5.74) is 2.85. The van der Waals surface area contributed by atoms with E-state index < -0.39 is 18.0 Å². The molecule has 2 aromatic carbocycles. The van der Waals surface area contributed by atoms with Gasteiger partial charge < -0.3 is 25.6 Å². The van der Waals surface area contributed by atoms with Gasteiger partial charge in [0.2, 0.25) is 0 Å². The molecular weight excluding hydrogens is 471 g/mol. The Bertz CT molecular complexity index is 1110. The van der Waals surface area contributed by atoms with Crippen molar-refractivity contribution in [2.24, 2.45) is 0 Å². The molecule has 10 heteroatoms. The van der Waals surface area contributed by atoms with Gasteiger partial charge >= 0.3 is 12.0 Å². The van der Waals surface area contributed by atoms with Crippen LogP contribution in [0.15, 0.2) is 53.7 Å². The third kappa shape index (κ3) is 5.32. The molecule has 2 amide bonds. The van der Waals surface area contributed by atoms with Crippen LogP contribution in [0.2, 0.25) is 10.0 Å². The number of carbonyl (C=O) groups is 2. The number of urea groups is 1. The number of nitrogens with one attached hydrogen (secondary N) is 3. The van der Waals surface area contributed by atoms with Crippen molar-refractivity contribution >= 4 is 63.9 Å². The predicted octanol–water partition coefficient (Wildman–Crippen LogP) is 5.34. The minimum atomic E-state index is -0.520. The van der Waals surface area contributed by atoms with Crippen LogP contribution in [-0.4, -0.2) is 35.7 Å². The number of allylic oxidation sites excluding steroid dienone is 1. The highest BCUT2D eigenvalue weighted by Gasteiger charge is 2.33. The molecule has 0 fully saturated rings. The third-order valence-electron chi connectivity index (χ3n) is 4.91. The fraction of sp³-hybridized carbons (Fsp3) is 0.227. The molecule has 0 spiro atoms. The molecule has 1 aliphatic rings. The normalized spacial score (nSPS) is 15.8. The Morgan fingerprint density at radius 3 is 2.62 bits per heavy atom. The van der Waals surface area contributed by atoms with Crippen LogP contribution in [0.25, 0.3) is 0 Å². The van der Waals surface area contributed by atoms with Gasteiger partial charge in [-0.05, 0) is 62.0 Å². The number of benzene rings is 2. The van der Waals surface area contributed by atoms with Crippen molar-refractivity contribution in [3.05, 3.63) is 69.3 Å². The number of ether oxygens (including phenoxy) is 1. The largest absolute Gasteiger partial charge is 0.463 e. The lowest BCUT2D eigenvalue weighted by Gasteiger charge is -2.35. The molecule has 0 saturated heterocycles. The Labute approximate surface area is 201 Å². The first-order valence-corrected chi connectivity index (χ1v) is 10.9. The minimum Gasteiger partial charge on any atom is -0.463 e. The molecule has 0 bridgehead atoms. The summed E-state index contributed by atoms with van der Waals surface area (Å²) in [4.78, 5) is 26.9. The first-order chi connectivity index (χ1) is 15.2. The summed E-state index contributed by atoms with van der Waals surface area (Å²) in [7, 11) is 1.78. The molecule has 1 aliphatic heterocycles. The summed E-state index contributed by atoms with van der Waals surface area (Å²) in [5, 5.41) is 9.90. The van der Waals surface area contributed by atoms with Crippen LogP contribution in [0.1, 0.15) is 25.5 Å². The smallest absolute Gasteiger partial charge is 0.338 e. The van der Waals surface area contributed by atoms with E-state index >= 15 is 0 Å². The summed E-state index contributed by atoms with van der Waals surface area (Å²) in [6.07, 6.45) is 0. The highest BCUT2D eigenvalue weighted by Crippen LogP contribution is 2.32. The van der Waals surface area contributed by atoms with Crippen LogP contribution in [0.5, 0.6) is 0 Å². The second-order valence-corrected chi connectivity index (χ2v) is 8.22. The molecule has 2 aromatic rings. The Balaban J connectivity index is 1.84. The predicted molar refractivity (Wildman–Crippen MR) is 131 cm³/mol. The van der Waals surface area contributed by atoms with E-state index in [0.717, 1.165) is 5.56 Å². The van der Waals surface area contributed by atoms with Gasteiger partial charge in [-0.2, -0.15) is 0 Å². The molecule has 0 radical (unpaired) electrons. The number of carbonyl (C=O) groups excluding carboxylic acids is 2. The maximum Gasteiger partial charge on any atom is 0.338 e. The zero-order valence-corrected chi connectivity index (χ0v) is 20.0. The van der Waals surface area contributed by atoms with Crippen molar-refractivity contribution in [1.29, 1.82) is 0 Å². The van der Waals surface area contributed by atoms with Crippen molar-refractivity contribution in [2.45, 2.75) is 19.9 Å². The van der Waals surface area contributed by atoms with Crippen LogP contribution < -0.4 is 16.0 Å². The van der Waals surface area contributed by atoms with Crippen molar-refractivity contribution in [3.8, 4) is 0 Å². The van der Waals surface area contributed by atoms with Gasteiger partial charge in [0.05, 0.1) is 28.9 Å². The van der Waals surface area contributed by atoms with E-state index in [1.807, 2.05) is 13.0 Å². The van der Waals surface area contributed by atoms with E-state index in [0.29, 0.717) is 37.8 Å². The SMILES string of the molecule is CCOC(=O)C1=C(C)N(C)C(=S)NC1c1cccc(NC(=O)Nc2ccc(Cl)cc2Cl)c1. The van der Waals surface area contributed by atoms with Crippen LogP contribution in [0.3, 0.4) is 0 Å². The maximum absolute atomic E-state index is 12.7. The zero-order valence-electron chi connectivity index (χ0n) is 17.7. The van der Waals surface area contributed by atoms with Crippen LogP contribution in [0.4, 0.5) is 16.2 Å². The first kappa shape index (κ1) is 23.8. The molecular formula is C22H22Cl2N4O3S. The Morgan fingerprint density at radius 2 is 1.94 bits per heavy atom. The van der Waals surface area contributed by atoms with Crippen molar-refractivity contribution in [2.75, 3.05) is 24.3 Å². The molecule has 1 atom stereocenters. The van der Waals surface area contributed by atoms with Gasteiger partial charge in [0.15, 0.2) is 5.11 Å². The number of anilines is 2. The Hall–Kier alpha value is -2.81. The van der Waals surface area contributed by atoms with Crippen LogP contribution in [-0.2, 0) is 9.53 Å². The summed E-state index contributed by atoms with van der Waals surface area (Å²) in [5.74, 6) is -0.426. The summed E-state index contributed by atoms with van der Waals surface area (Å²) in [6, 6.07) is 10.9. The van der Waals surface area contributed by atoms with Crippen LogP contribution in [0, 0.1) is 0 Å². The highest BCUT2D eigenvalue weighted by molar-refractivity contribution is 7.80. The fourth-order valence-electron chi connectivity index (χ4n) is 3.23. The molecule has 3 rings (SSSR count). The standard InChI is InChI=1S/C22H22Cl2N4O3S/c1-4-31-20(29)18-12(2)28(3)22(32)27-19(18)13-6-5-7-15(10-13)25-21(30)26-17-9-8-14(23)11-16(17)24/h5-11,19H,4H2,1-3H3,(H,27,32)(H2,25,26,30). The third-order valence-corrected chi connectivity index (χ3v) is 5.85. The lowest BCUT2D eigenvalue weighted by atomic mass is 9.95. The quantitative estimate of drug-likeness (QED) is 0.386. The number of thiocarbonyl (C=S) groups is 1. The van der Waals surface area contributed by atoms with E-state index in [-0.39, 0.29) is 6.61 Å². The minimum absolute atomic E-state index is 0.255. The fourth-order valence-corrected chi connectivity index (χ4v) is 3.94. The maximum atomic E-state index is 12.7. The summed E-state index contributed by atoms with van der Waals surface area (Å²) in [6.45, 7) is 3.83. The van der Waals surface area contributed by atoms with E-state index in [2.05, 4.69) is 16.0 Å². The number of hydrogen-bond acceptors (Lipinski definition) is 4. The number of hydrogen-bond donors (Lipinski definition) is 3. The summed E-state index contributed by atoms with van der Waals surface area (Å²) >= 11 is 17.4. The van der Waals surface area contributed by atoms with Gasteiger partial charge in [-0.3, -0.25) is 0 Å². The van der Waals surface area contributed by atoms with Gasteiger partial charge in [-0.25, -0.2) is 9.59 Å². The van der Waals surface area contributed by atoms with Gasteiger partial charge in [-0.15, -0.1) is 0 Å². The molecule has 0 aliphatic carbocycles. The second kappa shape index (κ2) is 10.2. The van der Waals surface area contributed by atoms with Crippen molar-refractivity contribution in [1.82, 2.24) is 10.2 Å². The average molecular weight is 493 g/mol. The van der Waals surface area contributed by atoms with E-state index in [9.17, 15) is 9.59 Å². The molecule has 0 aromatic heterocycles. The van der Waals surface area contributed by atoms with E-state index in [4.69, 9.17) is 40.2 Å². The Kier molecular flexibility index (Phi) is 7.60. The molecule has 3 N–H and O–H groups in total. The molecule has 1 unspecified atom stereocenters. The lowest BCUT2D eigenvalue weighted by molar-refractivity contribution is -0.139. The number of esters is 1. The lowest BCUT2D eigenvalue weighted by Crippen LogP contribution is -2.46. The highest BCUT2D eigenvalue weighted by atomic mass is 35.5. The van der Waals surface area contributed by atoms with Gasteiger partial charge in [0.25, 0.3) is 0 Å². The molecule has 168 valence electrons. The first-order valence-electron chi connectivity index (χ1n) is 9.76. The molecule has 1 heterocycles. The van der Waals surface area contributed by atoms with Gasteiger partial charge in [-0.1, -0.05) is 35.3 Å². The van der Waals surface area contributed by atoms with E-state index in [1.54, 1.807) is 55.3 Å². The zero-order chi connectivity index (χ0) is 23.4. The van der Waals surface area contributed by atoms with Gasteiger partial charge in [0, 0.05) is 23.5 Å². The molecule has 7 nitrogen and oxygen atoms in total. The number of amides is 2. The topological polar surface area (TPSA) is 82.7 Å². The van der Waals surface area contributed by atoms with Gasteiger partial charge in [0.1, 0.15) is 0 Å². The monoisotopic (exact) mass is 492 g/mol. The van der Waals surface area contributed by atoms with Crippen LogP contribution >= 0.6 is 35.4 Å². The Morgan fingerprint density at radius 1 is 1.19 bits per heavy atom.